The van der Waals surface area contributed by atoms with Gasteiger partial charge in [-0.3, -0.25) is 14.2 Å². The number of pyridine rings is 2. The minimum absolute atomic E-state index is 0.00379. The van der Waals surface area contributed by atoms with Crippen LogP contribution in [0.3, 0.4) is 0 Å². The van der Waals surface area contributed by atoms with E-state index in [1.807, 2.05) is 27.5 Å². The molecule has 0 bridgehead atoms. The second-order valence-electron chi connectivity index (χ2n) is 7.32. The molecule has 1 unspecified atom stereocenters. The molecule has 1 fully saturated rings. The van der Waals surface area contributed by atoms with Gasteiger partial charge in [0.25, 0.3) is 5.91 Å². The second kappa shape index (κ2) is 7.86. The SMILES string of the molecule is CN(C)C(=O)N1CCC(c2nnc3ccc(C(=O)NCc4ccccn4)cn23)C1. The highest BCUT2D eigenvalue weighted by Crippen LogP contribution is 2.27. The number of urea groups is 1. The van der Waals surface area contributed by atoms with Crippen LogP contribution in [0.5, 0.6) is 0 Å². The summed E-state index contributed by atoms with van der Waals surface area (Å²) in [5.41, 5.74) is 2.00. The molecule has 0 radical (unpaired) electrons. The Balaban J connectivity index is 1.51. The number of hydrogen-bond donors (Lipinski definition) is 1. The van der Waals surface area contributed by atoms with Crippen molar-refractivity contribution < 1.29 is 9.59 Å². The Labute approximate surface area is 168 Å². The zero-order valence-electron chi connectivity index (χ0n) is 16.4. The van der Waals surface area contributed by atoms with E-state index in [0.717, 1.165) is 17.9 Å². The van der Waals surface area contributed by atoms with Gasteiger partial charge in [0.05, 0.1) is 17.8 Å². The molecule has 0 aromatic carbocycles. The van der Waals surface area contributed by atoms with Gasteiger partial charge in [-0.15, -0.1) is 10.2 Å². The fourth-order valence-corrected chi connectivity index (χ4v) is 3.52. The quantitative estimate of drug-likeness (QED) is 0.725. The number of hydrogen-bond acceptors (Lipinski definition) is 5. The summed E-state index contributed by atoms with van der Waals surface area (Å²) in [5.74, 6) is 0.669. The molecule has 9 heteroatoms. The van der Waals surface area contributed by atoms with E-state index in [2.05, 4.69) is 20.5 Å². The van der Waals surface area contributed by atoms with E-state index in [1.54, 1.807) is 43.5 Å². The molecule has 150 valence electrons. The summed E-state index contributed by atoms with van der Waals surface area (Å²) >= 11 is 0. The van der Waals surface area contributed by atoms with Gasteiger partial charge in [0.1, 0.15) is 5.82 Å². The third-order valence-corrected chi connectivity index (χ3v) is 5.05. The van der Waals surface area contributed by atoms with Crippen molar-refractivity contribution in [1.29, 1.82) is 0 Å². The van der Waals surface area contributed by atoms with E-state index in [1.165, 1.54) is 0 Å². The Morgan fingerprint density at radius 1 is 1.21 bits per heavy atom. The fourth-order valence-electron chi connectivity index (χ4n) is 3.52. The number of carbonyl (C=O) groups is 2. The number of amides is 3. The lowest BCUT2D eigenvalue weighted by Crippen LogP contribution is -2.37. The molecule has 3 amide bonds. The van der Waals surface area contributed by atoms with Gasteiger partial charge < -0.3 is 15.1 Å². The first-order chi connectivity index (χ1) is 14.0. The Morgan fingerprint density at radius 2 is 2.07 bits per heavy atom. The zero-order valence-corrected chi connectivity index (χ0v) is 16.4. The maximum atomic E-state index is 12.6. The molecule has 3 aromatic rings. The van der Waals surface area contributed by atoms with Gasteiger partial charge in [-0.05, 0) is 30.7 Å². The summed E-state index contributed by atoms with van der Waals surface area (Å²) in [7, 11) is 3.50. The Hall–Kier alpha value is -3.49. The summed E-state index contributed by atoms with van der Waals surface area (Å²) in [6, 6.07) is 9.10. The lowest BCUT2D eigenvalue weighted by atomic mass is 10.1. The molecule has 3 aromatic heterocycles. The number of carbonyl (C=O) groups excluding carboxylic acids is 2. The standard InChI is InChI=1S/C20H23N7O2/c1-25(2)20(29)26-10-8-14(12-26)18-24-23-17-7-6-15(13-27(17)18)19(28)22-11-16-5-3-4-9-21-16/h3-7,9,13-14H,8,10-12H2,1-2H3,(H,22,28). The number of nitrogens with zero attached hydrogens (tertiary/aromatic N) is 6. The number of aromatic nitrogens is 4. The van der Waals surface area contributed by atoms with Crippen LogP contribution in [0.15, 0.2) is 42.7 Å². The van der Waals surface area contributed by atoms with Gasteiger partial charge >= 0.3 is 6.03 Å². The molecule has 0 spiro atoms. The molecule has 0 aliphatic carbocycles. The lowest BCUT2D eigenvalue weighted by Gasteiger charge is -2.21. The smallest absolute Gasteiger partial charge is 0.319 e. The van der Waals surface area contributed by atoms with Crippen molar-refractivity contribution in [3.8, 4) is 0 Å². The third-order valence-electron chi connectivity index (χ3n) is 5.05. The predicted octanol–water partition coefficient (Wildman–Crippen LogP) is 1.53. The molecule has 1 aliphatic heterocycles. The van der Waals surface area contributed by atoms with Crippen molar-refractivity contribution >= 4 is 17.6 Å². The number of rotatable bonds is 4. The number of likely N-dealkylation sites (tertiary alicyclic amines) is 1. The van der Waals surface area contributed by atoms with Gasteiger partial charge in [-0.1, -0.05) is 6.07 Å². The minimum atomic E-state index is -0.187. The Bertz CT molecular complexity index is 1030. The summed E-state index contributed by atoms with van der Waals surface area (Å²) in [6.07, 6.45) is 4.27. The van der Waals surface area contributed by atoms with Gasteiger partial charge in [0, 0.05) is 45.5 Å². The van der Waals surface area contributed by atoms with Crippen molar-refractivity contribution in [2.24, 2.45) is 0 Å². The highest BCUT2D eigenvalue weighted by atomic mass is 16.2. The average Bonchev–Trinajstić information content (AvgIpc) is 3.38. The van der Waals surface area contributed by atoms with Crippen LogP contribution in [0.1, 0.15) is 34.2 Å². The third kappa shape index (κ3) is 3.89. The summed E-state index contributed by atoms with van der Waals surface area (Å²) in [6.45, 7) is 1.63. The van der Waals surface area contributed by atoms with Crippen molar-refractivity contribution in [3.63, 3.8) is 0 Å². The minimum Gasteiger partial charge on any atom is -0.346 e. The van der Waals surface area contributed by atoms with E-state index in [4.69, 9.17) is 0 Å². The van der Waals surface area contributed by atoms with Crippen LogP contribution in [0.2, 0.25) is 0 Å². The predicted molar refractivity (Wildman–Crippen MR) is 106 cm³/mol. The monoisotopic (exact) mass is 393 g/mol. The van der Waals surface area contributed by atoms with Crippen molar-refractivity contribution in [1.82, 2.24) is 34.7 Å². The van der Waals surface area contributed by atoms with Crippen LogP contribution >= 0.6 is 0 Å². The van der Waals surface area contributed by atoms with Crippen molar-refractivity contribution in [3.05, 3.63) is 59.8 Å². The van der Waals surface area contributed by atoms with E-state index < -0.39 is 0 Å². The topological polar surface area (TPSA) is 95.7 Å². The molecule has 4 rings (SSSR count). The van der Waals surface area contributed by atoms with Gasteiger partial charge in [0.15, 0.2) is 5.65 Å². The summed E-state index contributed by atoms with van der Waals surface area (Å²) in [5, 5.41) is 11.4. The van der Waals surface area contributed by atoms with Crippen LogP contribution in [0, 0.1) is 0 Å². The van der Waals surface area contributed by atoms with E-state index in [9.17, 15) is 9.59 Å². The molecule has 4 heterocycles. The molecular weight excluding hydrogens is 370 g/mol. The Morgan fingerprint density at radius 3 is 2.83 bits per heavy atom. The molecule has 29 heavy (non-hydrogen) atoms. The van der Waals surface area contributed by atoms with Crippen LogP contribution < -0.4 is 5.32 Å². The number of nitrogens with one attached hydrogen (secondary N) is 1. The van der Waals surface area contributed by atoms with Crippen LogP contribution in [-0.4, -0.2) is 68.5 Å². The maximum absolute atomic E-state index is 12.6. The first kappa shape index (κ1) is 18.9. The van der Waals surface area contributed by atoms with Crippen molar-refractivity contribution in [2.45, 2.75) is 18.9 Å². The highest BCUT2D eigenvalue weighted by molar-refractivity contribution is 5.94. The lowest BCUT2D eigenvalue weighted by molar-refractivity contribution is 0.0950. The first-order valence-electron chi connectivity index (χ1n) is 9.52. The molecule has 1 atom stereocenters. The normalized spacial score (nSPS) is 16.2. The largest absolute Gasteiger partial charge is 0.346 e. The van der Waals surface area contributed by atoms with Crippen LogP contribution in [0.4, 0.5) is 4.79 Å². The van der Waals surface area contributed by atoms with Gasteiger partial charge in [-0.2, -0.15) is 0 Å². The summed E-state index contributed by atoms with van der Waals surface area (Å²) < 4.78 is 1.85. The number of fused-ring (bicyclic) bond motifs is 1. The fraction of sp³-hybridized carbons (Fsp3) is 0.350. The zero-order chi connectivity index (χ0) is 20.4. The second-order valence-corrected chi connectivity index (χ2v) is 7.32. The van der Waals surface area contributed by atoms with Gasteiger partial charge in [-0.25, -0.2) is 4.79 Å². The van der Waals surface area contributed by atoms with Crippen LogP contribution in [0.25, 0.3) is 5.65 Å². The molecule has 1 saturated heterocycles. The van der Waals surface area contributed by atoms with Crippen molar-refractivity contribution in [2.75, 3.05) is 27.2 Å². The molecule has 1 aliphatic rings. The van der Waals surface area contributed by atoms with E-state index in [0.29, 0.717) is 30.8 Å². The van der Waals surface area contributed by atoms with E-state index >= 15 is 0 Å². The Kier molecular flexibility index (Phi) is 5.11. The maximum Gasteiger partial charge on any atom is 0.319 e. The first-order valence-corrected chi connectivity index (χ1v) is 9.52. The van der Waals surface area contributed by atoms with Gasteiger partial charge in [0.2, 0.25) is 0 Å². The summed E-state index contributed by atoms with van der Waals surface area (Å²) in [4.78, 5) is 32.4. The van der Waals surface area contributed by atoms with E-state index in [-0.39, 0.29) is 17.9 Å². The average molecular weight is 393 g/mol. The molecule has 1 N–H and O–H groups in total. The molecule has 0 saturated carbocycles. The molecule has 9 nitrogen and oxygen atoms in total. The highest BCUT2D eigenvalue weighted by Gasteiger charge is 2.31. The van der Waals surface area contributed by atoms with Crippen LogP contribution in [-0.2, 0) is 6.54 Å². The molecular formula is C20H23N7O2.